The van der Waals surface area contributed by atoms with E-state index in [9.17, 15) is 27.6 Å². The van der Waals surface area contributed by atoms with Crippen LogP contribution in [0.3, 0.4) is 0 Å². The molecule has 5 atom stereocenters. The van der Waals surface area contributed by atoms with E-state index in [2.05, 4.69) is 25.9 Å². The van der Waals surface area contributed by atoms with Crippen LogP contribution in [0.1, 0.15) is 37.7 Å². The number of amides is 1. The fourth-order valence-electron chi connectivity index (χ4n) is 8.78. The molecule has 3 aromatic rings. The summed E-state index contributed by atoms with van der Waals surface area (Å²) in [5.41, 5.74) is -3.31. The lowest BCUT2D eigenvalue weighted by Gasteiger charge is -2.46. The first-order valence-corrected chi connectivity index (χ1v) is 18.5. The molecule has 6 aliphatic rings. The lowest BCUT2D eigenvalue weighted by molar-refractivity contribution is -0.178. The van der Waals surface area contributed by atoms with E-state index in [0.29, 0.717) is 19.5 Å². The van der Waals surface area contributed by atoms with E-state index in [1.807, 2.05) is 11.0 Å². The van der Waals surface area contributed by atoms with Gasteiger partial charge in [-0.2, -0.15) is 28.4 Å². The number of alkyl halides is 4. The number of anilines is 1. The summed E-state index contributed by atoms with van der Waals surface area (Å²) in [4.78, 5) is 34.3. The standard InChI is InChI=1S/C37H38ClF5N8O3/c38-28-5-1-4-26(30(28)37(41,42)43)32-31(40)33-27(16-45-32)34(47-35(46-33)53-21-36-8-3-11-50(36)17-22(39)15-36)49-12-13-51(23(18-49)7-9-44)29(52)6-2-10-48-19-24-14-25(20-48)54-24/h1-2,4-6,16,22-25H,3,7-8,10-15,17-21H2/b6-2+/t22-,23+,24?,25?,36+/m1/s1. The van der Waals surface area contributed by atoms with Crippen LogP contribution in [0, 0.1) is 17.1 Å². The Hall–Kier alpha value is -4.17. The first-order valence-electron chi connectivity index (χ1n) is 18.1. The summed E-state index contributed by atoms with van der Waals surface area (Å²) in [6, 6.07) is 4.80. The SMILES string of the molecule is N#CC[C@H]1CN(c2nc(OC[C@@]34CCCN3C[C@H](F)C4)nc3c(F)c(-c4cccc(Cl)c4C(F)(F)F)ncc23)CCN1C(=O)/C=C/CN1CC2CC(C1)O2. The van der Waals surface area contributed by atoms with E-state index in [1.54, 1.807) is 9.80 Å². The number of aromatic nitrogens is 3. The fraction of sp³-hybridized carbons (Fsp3) is 0.541. The molecule has 11 nitrogen and oxygen atoms in total. The average Bonchev–Trinajstić information content (AvgIpc) is 3.65. The maximum atomic E-state index is 16.6. The van der Waals surface area contributed by atoms with Gasteiger partial charge in [0.25, 0.3) is 0 Å². The molecule has 2 aromatic heterocycles. The molecule has 54 heavy (non-hydrogen) atoms. The molecule has 286 valence electrons. The van der Waals surface area contributed by atoms with Gasteiger partial charge < -0.3 is 19.3 Å². The lowest BCUT2D eigenvalue weighted by Crippen LogP contribution is -2.57. The van der Waals surface area contributed by atoms with Crippen molar-refractivity contribution in [3.8, 4) is 23.3 Å². The average molecular weight is 773 g/mol. The van der Waals surface area contributed by atoms with Crippen molar-refractivity contribution in [2.45, 2.75) is 68.2 Å². The zero-order valence-electron chi connectivity index (χ0n) is 29.2. The van der Waals surface area contributed by atoms with Crippen molar-refractivity contribution < 1.29 is 36.2 Å². The second-order valence-electron chi connectivity index (χ2n) is 14.8. The summed E-state index contributed by atoms with van der Waals surface area (Å²) in [6.07, 6.45) is 2.01. The Morgan fingerprint density at radius 3 is 2.70 bits per heavy atom. The molecule has 0 aliphatic carbocycles. The molecular formula is C37H38ClF5N8O3. The number of hydrogen-bond acceptors (Lipinski definition) is 10. The van der Waals surface area contributed by atoms with Gasteiger partial charge >= 0.3 is 12.2 Å². The molecule has 17 heteroatoms. The van der Waals surface area contributed by atoms with Crippen LogP contribution in [0.25, 0.3) is 22.2 Å². The van der Waals surface area contributed by atoms with Gasteiger partial charge in [0.1, 0.15) is 29.8 Å². The largest absolute Gasteiger partial charge is 0.461 e. The molecule has 6 fully saturated rings. The van der Waals surface area contributed by atoms with Crippen molar-refractivity contribution in [1.29, 1.82) is 5.26 Å². The van der Waals surface area contributed by atoms with Crippen molar-refractivity contribution in [2.24, 2.45) is 0 Å². The van der Waals surface area contributed by atoms with Gasteiger partial charge in [-0.3, -0.25) is 19.6 Å². The van der Waals surface area contributed by atoms with Crippen LogP contribution < -0.4 is 9.64 Å². The van der Waals surface area contributed by atoms with Gasteiger partial charge in [-0.1, -0.05) is 29.8 Å². The van der Waals surface area contributed by atoms with Gasteiger partial charge in [0.2, 0.25) is 5.91 Å². The zero-order chi connectivity index (χ0) is 37.8. The lowest BCUT2D eigenvalue weighted by atomic mass is 9.95. The number of piperazine rings is 1. The number of nitrogens with zero attached hydrogens (tertiary/aromatic N) is 8. The minimum absolute atomic E-state index is 0.00374. The Bertz CT molecular complexity index is 2000. The number of hydrogen-bond donors (Lipinski definition) is 0. The van der Waals surface area contributed by atoms with E-state index in [0.717, 1.165) is 38.1 Å². The number of carbonyl (C=O) groups is 1. The second kappa shape index (κ2) is 14.5. The van der Waals surface area contributed by atoms with Crippen LogP contribution in [0.2, 0.25) is 5.02 Å². The number of rotatable bonds is 9. The van der Waals surface area contributed by atoms with E-state index in [-0.39, 0.29) is 86.5 Å². The highest BCUT2D eigenvalue weighted by Gasteiger charge is 2.49. The van der Waals surface area contributed by atoms with Crippen LogP contribution >= 0.6 is 11.6 Å². The van der Waals surface area contributed by atoms with E-state index < -0.39 is 51.6 Å². The van der Waals surface area contributed by atoms with Crippen molar-refractivity contribution in [2.75, 3.05) is 63.9 Å². The maximum Gasteiger partial charge on any atom is 0.418 e. The third kappa shape index (κ3) is 6.95. The van der Waals surface area contributed by atoms with Gasteiger partial charge in [-0.25, -0.2) is 8.78 Å². The number of pyridine rings is 1. The van der Waals surface area contributed by atoms with Gasteiger partial charge in [-0.05, 0) is 25.5 Å². The molecule has 9 rings (SSSR count). The highest BCUT2D eigenvalue weighted by atomic mass is 35.5. The van der Waals surface area contributed by atoms with Crippen LogP contribution in [0.15, 0.2) is 36.5 Å². The number of benzene rings is 1. The summed E-state index contributed by atoms with van der Waals surface area (Å²) < 4.78 is 85.5. The van der Waals surface area contributed by atoms with Gasteiger partial charge in [0, 0.05) is 76.5 Å². The van der Waals surface area contributed by atoms with Crippen molar-refractivity contribution in [3.05, 3.63) is 53.0 Å². The number of fused-ring (bicyclic) bond motifs is 4. The minimum atomic E-state index is -4.91. The molecule has 2 unspecified atom stereocenters. The second-order valence-corrected chi connectivity index (χ2v) is 15.2. The number of ether oxygens (including phenoxy) is 2. The van der Waals surface area contributed by atoms with Crippen LogP contribution in [0.4, 0.5) is 27.8 Å². The monoisotopic (exact) mass is 772 g/mol. The molecule has 0 saturated carbocycles. The Labute approximate surface area is 313 Å². The maximum absolute atomic E-state index is 16.6. The molecule has 0 spiro atoms. The summed E-state index contributed by atoms with van der Waals surface area (Å²) in [5, 5.41) is 9.23. The molecule has 1 amide bonds. The number of morpholine rings is 1. The summed E-state index contributed by atoms with van der Waals surface area (Å²) >= 11 is 5.97. The molecule has 2 bridgehead atoms. The minimum Gasteiger partial charge on any atom is -0.461 e. The summed E-state index contributed by atoms with van der Waals surface area (Å²) in [7, 11) is 0. The Morgan fingerprint density at radius 2 is 1.94 bits per heavy atom. The highest BCUT2D eigenvalue weighted by Crippen LogP contribution is 2.44. The topological polar surface area (TPSA) is 111 Å². The molecule has 8 heterocycles. The predicted octanol–water partition coefficient (Wildman–Crippen LogP) is 5.42. The van der Waals surface area contributed by atoms with Gasteiger partial charge in [0.15, 0.2) is 5.82 Å². The fourth-order valence-corrected chi connectivity index (χ4v) is 9.06. The summed E-state index contributed by atoms with van der Waals surface area (Å²) in [6.45, 7) is 3.85. The first-order chi connectivity index (χ1) is 25.9. The van der Waals surface area contributed by atoms with Gasteiger partial charge in [-0.15, -0.1) is 0 Å². The number of halogens is 6. The molecule has 6 saturated heterocycles. The van der Waals surface area contributed by atoms with E-state index in [4.69, 9.17) is 21.1 Å². The quantitative estimate of drug-likeness (QED) is 0.207. The number of piperidine rings is 1. The van der Waals surface area contributed by atoms with E-state index >= 15 is 4.39 Å². The molecule has 0 radical (unpaired) electrons. The first kappa shape index (κ1) is 36.8. The van der Waals surface area contributed by atoms with Crippen molar-refractivity contribution in [1.82, 2.24) is 29.7 Å². The van der Waals surface area contributed by atoms with Gasteiger partial charge in [0.05, 0.1) is 52.3 Å². The molecule has 0 N–H and O–H groups in total. The zero-order valence-corrected chi connectivity index (χ0v) is 30.0. The molecule has 6 aliphatic heterocycles. The molecular weight excluding hydrogens is 735 g/mol. The summed E-state index contributed by atoms with van der Waals surface area (Å²) in [5.74, 6) is -1.20. The Morgan fingerprint density at radius 1 is 1.15 bits per heavy atom. The highest BCUT2D eigenvalue weighted by molar-refractivity contribution is 6.31. The number of carbonyl (C=O) groups excluding carboxylic acids is 1. The Balaban J connectivity index is 1.11. The van der Waals surface area contributed by atoms with Crippen molar-refractivity contribution in [3.63, 3.8) is 0 Å². The third-order valence-corrected chi connectivity index (χ3v) is 11.6. The van der Waals surface area contributed by atoms with Crippen molar-refractivity contribution >= 4 is 34.2 Å². The van der Waals surface area contributed by atoms with Crippen LogP contribution in [-0.2, 0) is 15.7 Å². The van der Waals surface area contributed by atoms with Crippen LogP contribution in [0.5, 0.6) is 6.01 Å². The number of nitriles is 1. The third-order valence-electron chi connectivity index (χ3n) is 11.3. The normalized spacial score (nSPS) is 27.4. The van der Waals surface area contributed by atoms with E-state index in [1.165, 1.54) is 18.3 Å². The smallest absolute Gasteiger partial charge is 0.418 e. The van der Waals surface area contributed by atoms with Crippen LogP contribution in [-0.4, -0.2) is 124 Å². The molecule has 1 aromatic carbocycles. The predicted molar refractivity (Wildman–Crippen MR) is 188 cm³/mol. The Kier molecular flexibility index (Phi) is 9.87.